The topological polar surface area (TPSA) is 58.6 Å². The van der Waals surface area contributed by atoms with Gasteiger partial charge in [-0.25, -0.2) is 0 Å². The van der Waals surface area contributed by atoms with Crippen molar-refractivity contribution in [1.29, 1.82) is 0 Å². The SMILES string of the molecule is CC(=O)N[C@@H]1C(=O)N(CCOc2cccc(C)c2)c2c(C)cccc21. The Morgan fingerprint density at radius 3 is 2.68 bits per heavy atom. The number of nitrogens with one attached hydrogen (secondary N) is 1. The molecule has 2 aromatic rings. The molecule has 2 aromatic carbocycles. The molecule has 0 aliphatic carbocycles. The molecule has 2 amide bonds. The first kappa shape index (κ1) is 17.0. The van der Waals surface area contributed by atoms with Crippen molar-refractivity contribution in [3.8, 4) is 5.75 Å². The van der Waals surface area contributed by atoms with E-state index in [1.54, 1.807) is 4.90 Å². The Balaban J connectivity index is 1.77. The molecule has 3 rings (SSSR count). The van der Waals surface area contributed by atoms with Crippen LogP contribution in [0, 0.1) is 13.8 Å². The Kier molecular flexibility index (Phi) is 4.74. The van der Waals surface area contributed by atoms with Gasteiger partial charge in [-0.3, -0.25) is 9.59 Å². The summed E-state index contributed by atoms with van der Waals surface area (Å²) in [6.45, 7) is 6.22. The van der Waals surface area contributed by atoms with Crippen molar-refractivity contribution in [1.82, 2.24) is 5.32 Å². The van der Waals surface area contributed by atoms with Gasteiger partial charge >= 0.3 is 0 Å². The van der Waals surface area contributed by atoms with Crippen molar-refractivity contribution in [2.75, 3.05) is 18.1 Å². The second kappa shape index (κ2) is 6.97. The van der Waals surface area contributed by atoms with Gasteiger partial charge in [0.25, 0.3) is 5.91 Å². The Labute approximate surface area is 147 Å². The molecule has 5 heteroatoms. The lowest BCUT2D eigenvalue weighted by molar-refractivity contribution is -0.126. The summed E-state index contributed by atoms with van der Waals surface area (Å²) in [5.41, 5.74) is 3.85. The third kappa shape index (κ3) is 3.50. The summed E-state index contributed by atoms with van der Waals surface area (Å²) >= 11 is 0. The van der Waals surface area contributed by atoms with Gasteiger partial charge in [0.1, 0.15) is 18.4 Å². The molecule has 0 spiro atoms. The highest BCUT2D eigenvalue weighted by atomic mass is 16.5. The molecule has 1 aliphatic rings. The Morgan fingerprint density at radius 2 is 1.96 bits per heavy atom. The van der Waals surface area contributed by atoms with Gasteiger partial charge in [0.2, 0.25) is 5.91 Å². The number of fused-ring (bicyclic) bond motifs is 1. The molecule has 1 N–H and O–H groups in total. The molecule has 5 nitrogen and oxygen atoms in total. The van der Waals surface area contributed by atoms with Crippen molar-refractivity contribution in [3.63, 3.8) is 0 Å². The molecular weight excluding hydrogens is 316 g/mol. The van der Waals surface area contributed by atoms with Gasteiger partial charge in [-0.15, -0.1) is 0 Å². The quantitative estimate of drug-likeness (QED) is 0.912. The number of benzene rings is 2. The smallest absolute Gasteiger partial charge is 0.254 e. The number of hydrogen-bond donors (Lipinski definition) is 1. The standard InChI is InChI=1S/C20H22N2O3/c1-13-6-4-8-16(12-13)25-11-10-22-19-14(2)7-5-9-17(19)18(20(22)24)21-15(3)23/h4-9,12,18H,10-11H2,1-3H3,(H,21,23)/t18-/m0/s1. The van der Waals surface area contributed by atoms with E-state index in [2.05, 4.69) is 5.32 Å². The average Bonchev–Trinajstić information content (AvgIpc) is 2.81. The fourth-order valence-corrected chi connectivity index (χ4v) is 3.21. The molecule has 0 bridgehead atoms. The molecule has 0 radical (unpaired) electrons. The van der Waals surface area contributed by atoms with Crippen molar-refractivity contribution in [2.45, 2.75) is 26.8 Å². The van der Waals surface area contributed by atoms with Crippen LogP contribution in [0.15, 0.2) is 42.5 Å². The number of ether oxygens (including phenoxy) is 1. The summed E-state index contributed by atoms with van der Waals surface area (Å²) < 4.78 is 5.79. The van der Waals surface area contributed by atoms with E-state index in [0.717, 1.165) is 28.1 Å². The van der Waals surface area contributed by atoms with E-state index in [0.29, 0.717) is 13.2 Å². The number of amides is 2. The van der Waals surface area contributed by atoms with Crippen LogP contribution in [0.2, 0.25) is 0 Å². The predicted octanol–water partition coefficient (Wildman–Crippen LogP) is 2.91. The van der Waals surface area contributed by atoms with Crippen molar-refractivity contribution >= 4 is 17.5 Å². The van der Waals surface area contributed by atoms with Crippen LogP contribution in [0.5, 0.6) is 5.75 Å². The molecule has 0 aromatic heterocycles. The number of carbonyl (C=O) groups is 2. The highest BCUT2D eigenvalue weighted by Crippen LogP contribution is 2.38. The van der Waals surface area contributed by atoms with Crippen molar-refractivity contribution in [2.24, 2.45) is 0 Å². The minimum Gasteiger partial charge on any atom is -0.492 e. The van der Waals surface area contributed by atoms with Crippen molar-refractivity contribution in [3.05, 3.63) is 59.2 Å². The third-order valence-corrected chi connectivity index (χ3v) is 4.28. The number of anilines is 1. The maximum atomic E-state index is 12.8. The fraction of sp³-hybridized carbons (Fsp3) is 0.300. The molecule has 130 valence electrons. The van der Waals surface area contributed by atoms with Gasteiger partial charge in [0.15, 0.2) is 0 Å². The molecule has 1 aliphatic heterocycles. The molecule has 0 fully saturated rings. The van der Waals surface area contributed by atoms with E-state index < -0.39 is 6.04 Å². The Bertz CT molecular complexity index is 816. The molecule has 1 atom stereocenters. The average molecular weight is 338 g/mol. The van der Waals surface area contributed by atoms with Gasteiger partial charge < -0.3 is 15.0 Å². The second-order valence-electron chi connectivity index (χ2n) is 6.30. The van der Waals surface area contributed by atoms with Gasteiger partial charge in [-0.2, -0.15) is 0 Å². The van der Waals surface area contributed by atoms with Gasteiger partial charge in [-0.1, -0.05) is 30.3 Å². The maximum Gasteiger partial charge on any atom is 0.254 e. The van der Waals surface area contributed by atoms with Crippen LogP contribution in [0.4, 0.5) is 5.69 Å². The van der Waals surface area contributed by atoms with Gasteiger partial charge in [0, 0.05) is 12.5 Å². The normalized spacial score (nSPS) is 15.9. The van der Waals surface area contributed by atoms with E-state index in [-0.39, 0.29) is 11.8 Å². The first-order valence-electron chi connectivity index (χ1n) is 8.35. The van der Waals surface area contributed by atoms with Crippen LogP contribution in [0.1, 0.15) is 29.7 Å². The van der Waals surface area contributed by atoms with E-state index in [4.69, 9.17) is 4.74 Å². The zero-order valence-corrected chi connectivity index (χ0v) is 14.7. The zero-order valence-electron chi connectivity index (χ0n) is 14.7. The lowest BCUT2D eigenvalue weighted by Gasteiger charge is -2.20. The van der Waals surface area contributed by atoms with Crippen LogP contribution < -0.4 is 15.0 Å². The summed E-state index contributed by atoms with van der Waals surface area (Å²) in [6, 6.07) is 13.0. The number of hydrogen-bond acceptors (Lipinski definition) is 3. The molecule has 1 heterocycles. The van der Waals surface area contributed by atoms with E-state index in [1.165, 1.54) is 6.92 Å². The van der Waals surface area contributed by atoms with Gasteiger partial charge in [0.05, 0.1) is 12.2 Å². The third-order valence-electron chi connectivity index (χ3n) is 4.28. The Morgan fingerprint density at radius 1 is 1.20 bits per heavy atom. The number of rotatable bonds is 5. The first-order valence-corrected chi connectivity index (χ1v) is 8.35. The molecule has 25 heavy (non-hydrogen) atoms. The van der Waals surface area contributed by atoms with E-state index in [9.17, 15) is 9.59 Å². The minimum atomic E-state index is -0.619. The molecule has 0 unspecified atom stereocenters. The lowest BCUT2D eigenvalue weighted by Crippen LogP contribution is -2.38. The first-order chi connectivity index (χ1) is 12.0. The van der Waals surface area contributed by atoms with E-state index >= 15 is 0 Å². The summed E-state index contributed by atoms with van der Waals surface area (Å²) in [5, 5.41) is 2.75. The zero-order chi connectivity index (χ0) is 18.0. The highest BCUT2D eigenvalue weighted by Gasteiger charge is 2.38. The van der Waals surface area contributed by atoms with E-state index in [1.807, 2.05) is 56.3 Å². The largest absolute Gasteiger partial charge is 0.492 e. The monoisotopic (exact) mass is 338 g/mol. The van der Waals surface area contributed by atoms with Crippen LogP contribution in [0.25, 0.3) is 0 Å². The molecule has 0 saturated carbocycles. The van der Waals surface area contributed by atoms with Crippen molar-refractivity contribution < 1.29 is 14.3 Å². The fourth-order valence-electron chi connectivity index (χ4n) is 3.21. The number of carbonyl (C=O) groups excluding carboxylic acids is 2. The molecular formula is C20H22N2O3. The number of para-hydroxylation sites is 1. The van der Waals surface area contributed by atoms with Crippen LogP contribution in [0.3, 0.4) is 0 Å². The minimum absolute atomic E-state index is 0.118. The lowest BCUT2D eigenvalue weighted by atomic mass is 10.1. The summed E-state index contributed by atoms with van der Waals surface area (Å²) in [7, 11) is 0. The van der Waals surface area contributed by atoms with Gasteiger partial charge in [-0.05, 0) is 37.1 Å². The second-order valence-corrected chi connectivity index (χ2v) is 6.30. The van der Waals surface area contributed by atoms with Crippen LogP contribution >= 0.6 is 0 Å². The van der Waals surface area contributed by atoms with Crippen LogP contribution in [-0.2, 0) is 9.59 Å². The summed E-state index contributed by atoms with van der Waals surface area (Å²) in [6.07, 6.45) is 0. The van der Waals surface area contributed by atoms with Crippen LogP contribution in [-0.4, -0.2) is 25.0 Å². The summed E-state index contributed by atoms with van der Waals surface area (Å²) in [5.74, 6) is 0.450. The molecule has 0 saturated heterocycles. The Hall–Kier alpha value is -2.82. The number of aryl methyl sites for hydroxylation is 2. The summed E-state index contributed by atoms with van der Waals surface area (Å²) in [4.78, 5) is 26.0. The highest BCUT2D eigenvalue weighted by molar-refractivity contribution is 6.06. The number of nitrogens with zero attached hydrogens (tertiary/aromatic N) is 1. The predicted molar refractivity (Wildman–Crippen MR) is 96.8 cm³/mol. The maximum absolute atomic E-state index is 12.8.